The lowest BCUT2D eigenvalue weighted by Gasteiger charge is -2.43. The van der Waals surface area contributed by atoms with Crippen molar-refractivity contribution in [1.82, 2.24) is 0 Å². The molecule has 3 unspecified atom stereocenters. The maximum absolute atomic E-state index is 13.9. The van der Waals surface area contributed by atoms with Gasteiger partial charge in [-0.05, 0) is 61.3 Å². The van der Waals surface area contributed by atoms with Gasteiger partial charge in [0, 0.05) is 23.4 Å². The summed E-state index contributed by atoms with van der Waals surface area (Å²) in [5, 5.41) is 23.6. The van der Waals surface area contributed by atoms with Crippen molar-refractivity contribution in [2.24, 2.45) is 11.8 Å². The van der Waals surface area contributed by atoms with Crippen LogP contribution in [0.5, 0.6) is 0 Å². The molecule has 1 amide bonds. The van der Waals surface area contributed by atoms with E-state index in [1.165, 1.54) is 12.1 Å². The van der Waals surface area contributed by atoms with Crippen LogP contribution < -0.4 is 5.32 Å². The maximum Gasteiger partial charge on any atom is 0.255 e. The van der Waals surface area contributed by atoms with Crippen molar-refractivity contribution in [1.29, 1.82) is 0 Å². The van der Waals surface area contributed by atoms with Crippen molar-refractivity contribution < 1.29 is 36.6 Å². The van der Waals surface area contributed by atoms with Gasteiger partial charge in [-0.25, -0.2) is 21.6 Å². The first-order valence-corrected chi connectivity index (χ1v) is 14.3. The summed E-state index contributed by atoms with van der Waals surface area (Å²) >= 11 is 6.29. The third-order valence-corrected chi connectivity index (χ3v) is 10.7. The minimum absolute atomic E-state index is 0.0724. The first kappa shape index (κ1) is 27.6. The third-order valence-electron chi connectivity index (χ3n) is 7.79. The monoisotopic (exact) mass is 579 g/mol. The number of carbonyl (C=O) groups excluding carboxylic acids is 1. The SMILES string of the molecule is O=C(Nc1cc(F)c(F)c(F)c1)c1ccc(Cl)c(S(=O)(=O)[C@H]2C3CCC2C[C@](O)(C(O)c2ccccc2)C3)c1. The van der Waals surface area contributed by atoms with Gasteiger partial charge in [-0.15, -0.1) is 0 Å². The number of nitrogens with one attached hydrogen (secondary N) is 1. The van der Waals surface area contributed by atoms with Gasteiger partial charge in [0.05, 0.1) is 20.8 Å². The number of hydrogen-bond acceptors (Lipinski definition) is 5. The molecular formula is C28H25ClF3NO5S. The van der Waals surface area contributed by atoms with E-state index in [0.29, 0.717) is 30.5 Å². The molecule has 2 aliphatic rings. The highest BCUT2D eigenvalue weighted by Gasteiger charge is 2.56. The molecule has 39 heavy (non-hydrogen) atoms. The topological polar surface area (TPSA) is 104 Å². The Kier molecular flexibility index (Phi) is 7.26. The molecule has 0 spiro atoms. The molecule has 3 atom stereocenters. The molecule has 2 aliphatic carbocycles. The fraction of sp³-hybridized carbons (Fsp3) is 0.321. The Bertz CT molecular complexity index is 1500. The molecule has 3 aromatic carbocycles. The van der Waals surface area contributed by atoms with Crippen LogP contribution in [-0.2, 0) is 9.84 Å². The number of fused-ring (bicyclic) bond motifs is 2. The third kappa shape index (κ3) is 5.06. The predicted molar refractivity (Wildman–Crippen MR) is 138 cm³/mol. The van der Waals surface area contributed by atoms with E-state index in [1.807, 2.05) is 0 Å². The Morgan fingerprint density at radius 1 is 0.974 bits per heavy atom. The summed E-state index contributed by atoms with van der Waals surface area (Å²) in [7, 11) is -4.09. The van der Waals surface area contributed by atoms with Crippen LogP contribution in [0, 0.1) is 29.3 Å². The number of anilines is 1. The molecule has 2 fully saturated rings. The number of rotatable bonds is 6. The minimum atomic E-state index is -4.09. The molecule has 206 valence electrons. The molecule has 3 N–H and O–H groups in total. The molecule has 0 radical (unpaired) electrons. The molecular weight excluding hydrogens is 555 g/mol. The number of aliphatic hydroxyl groups excluding tert-OH is 1. The second kappa shape index (κ2) is 10.2. The van der Waals surface area contributed by atoms with Crippen molar-refractivity contribution in [3.63, 3.8) is 0 Å². The Morgan fingerprint density at radius 3 is 2.15 bits per heavy atom. The normalized spacial score (nSPS) is 25.3. The Balaban J connectivity index is 1.40. The summed E-state index contributed by atoms with van der Waals surface area (Å²) in [4.78, 5) is 12.5. The molecule has 0 heterocycles. The number of carbonyl (C=O) groups is 1. The Morgan fingerprint density at radius 2 is 1.56 bits per heavy atom. The van der Waals surface area contributed by atoms with E-state index in [1.54, 1.807) is 30.3 Å². The second-order valence-electron chi connectivity index (χ2n) is 10.3. The first-order chi connectivity index (χ1) is 18.4. The van der Waals surface area contributed by atoms with Crippen LogP contribution in [0.15, 0.2) is 65.6 Å². The van der Waals surface area contributed by atoms with E-state index >= 15 is 0 Å². The van der Waals surface area contributed by atoms with E-state index < -0.39 is 62.0 Å². The van der Waals surface area contributed by atoms with Gasteiger partial charge in [0.1, 0.15) is 6.10 Å². The van der Waals surface area contributed by atoms with Crippen LogP contribution in [-0.4, -0.2) is 35.4 Å². The van der Waals surface area contributed by atoms with Crippen molar-refractivity contribution in [2.75, 3.05) is 5.32 Å². The number of amides is 1. The van der Waals surface area contributed by atoms with Crippen LogP contribution in [0.3, 0.4) is 0 Å². The van der Waals surface area contributed by atoms with Crippen LogP contribution in [0.4, 0.5) is 18.9 Å². The van der Waals surface area contributed by atoms with Crippen molar-refractivity contribution in [2.45, 2.75) is 47.5 Å². The zero-order chi connectivity index (χ0) is 28.1. The highest BCUT2D eigenvalue weighted by Crippen LogP contribution is 2.54. The van der Waals surface area contributed by atoms with Crippen molar-refractivity contribution in [3.05, 3.63) is 94.3 Å². The molecule has 0 aromatic heterocycles. The number of sulfone groups is 1. The number of aliphatic hydroxyl groups is 2. The smallest absolute Gasteiger partial charge is 0.255 e. The number of halogens is 4. The van der Waals surface area contributed by atoms with E-state index in [0.717, 1.165) is 6.07 Å². The predicted octanol–water partition coefficient (Wildman–Crippen LogP) is 5.44. The zero-order valence-corrected chi connectivity index (χ0v) is 22.0. The van der Waals surface area contributed by atoms with Gasteiger partial charge in [-0.3, -0.25) is 4.79 Å². The van der Waals surface area contributed by atoms with Gasteiger partial charge in [0.25, 0.3) is 5.91 Å². The van der Waals surface area contributed by atoms with Crippen LogP contribution in [0.2, 0.25) is 5.02 Å². The lowest BCUT2D eigenvalue weighted by atomic mass is 9.73. The quantitative estimate of drug-likeness (QED) is 0.338. The van der Waals surface area contributed by atoms with Crippen molar-refractivity contribution in [3.8, 4) is 0 Å². The minimum Gasteiger partial charge on any atom is -0.387 e. The summed E-state index contributed by atoms with van der Waals surface area (Å²) in [6.45, 7) is 0. The number of benzene rings is 3. The fourth-order valence-electron chi connectivity index (χ4n) is 6.09. The summed E-state index contributed by atoms with van der Waals surface area (Å²) in [6, 6.07) is 13.5. The van der Waals surface area contributed by atoms with E-state index in [2.05, 4.69) is 5.32 Å². The average Bonchev–Trinajstić information content (AvgIpc) is 3.20. The molecule has 2 saturated carbocycles. The van der Waals surface area contributed by atoms with Gasteiger partial charge in [-0.2, -0.15) is 0 Å². The van der Waals surface area contributed by atoms with E-state index in [4.69, 9.17) is 11.6 Å². The molecule has 3 aromatic rings. The highest BCUT2D eigenvalue weighted by atomic mass is 35.5. The first-order valence-electron chi connectivity index (χ1n) is 12.4. The summed E-state index contributed by atoms with van der Waals surface area (Å²) < 4.78 is 68.1. The summed E-state index contributed by atoms with van der Waals surface area (Å²) in [5.74, 6) is -6.44. The lowest BCUT2D eigenvalue weighted by Crippen LogP contribution is -2.49. The van der Waals surface area contributed by atoms with Crippen LogP contribution in [0.25, 0.3) is 0 Å². The second-order valence-corrected chi connectivity index (χ2v) is 12.8. The van der Waals surface area contributed by atoms with Gasteiger partial charge in [0.15, 0.2) is 27.3 Å². The van der Waals surface area contributed by atoms with E-state index in [-0.39, 0.29) is 34.0 Å². The standard InChI is InChI=1S/C28H25ClF3NO5S/c29-20-9-8-16(27(35)33-19-11-21(30)24(32)22(31)12-19)10-23(20)39(37,38)25-17-6-7-18(25)14-28(36,13-17)26(34)15-4-2-1-3-5-15/h1-5,8-12,17-18,25-26,34,36H,6-7,13-14H2,(H,33,35)/t17?,18?,25-,26?,28-. The highest BCUT2D eigenvalue weighted by molar-refractivity contribution is 7.92. The van der Waals surface area contributed by atoms with Crippen molar-refractivity contribution >= 4 is 33.0 Å². The van der Waals surface area contributed by atoms with Gasteiger partial charge in [0.2, 0.25) is 0 Å². The van der Waals surface area contributed by atoms with Crippen LogP contribution in [0.1, 0.15) is 47.7 Å². The van der Waals surface area contributed by atoms with Gasteiger partial charge >= 0.3 is 0 Å². The average molecular weight is 580 g/mol. The van der Waals surface area contributed by atoms with Gasteiger partial charge < -0.3 is 15.5 Å². The summed E-state index contributed by atoms with van der Waals surface area (Å²) in [5.41, 5.74) is -1.44. The Labute approximate surface area is 228 Å². The van der Waals surface area contributed by atoms with Gasteiger partial charge in [-0.1, -0.05) is 41.9 Å². The molecule has 5 rings (SSSR count). The zero-order valence-electron chi connectivity index (χ0n) is 20.5. The molecule has 11 heteroatoms. The van der Waals surface area contributed by atoms with E-state index in [9.17, 15) is 36.6 Å². The number of hydrogen-bond donors (Lipinski definition) is 3. The molecule has 0 aliphatic heterocycles. The fourth-order valence-corrected chi connectivity index (χ4v) is 8.93. The maximum atomic E-state index is 13.9. The largest absolute Gasteiger partial charge is 0.387 e. The Hall–Kier alpha value is -2.92. The molecule has 2 bridgehead atoms. The summed E-state index contributed by atoms with van der Waals surface area (Å²) in [6.07, 6.45) is 0.0453. The lowest BCUT2D eigenvalue weighted by molar-refractivity contribution is -0.113. The van der Waals surface area contributed by atoms with Crippen LogP contribution >= 0.6 is 11.6 Å². The molecule has 0 saturated heterocycles. The molecule has 6 nitrogen and oxygen atoms in total.